The van der Waals surface area contributed by atoms with Crippen molar-refractivity contribution in [3.63, 3.8) is 0 Å². The number of alkyl halides is 3. The average Bonchev–Trinajstić information content (AvgIpc) is 3.18. The predicted octanol–water partition coefficient (Wildman–Crippen LogP) is 5.31. The first kappa shape index (κ1) is 25.1. The van der Waals surface area contributed by atoms with E-state index in [1.165, 1.54) is 23.2 Å². The molecule has 12 heteroatoms. The third kappa shape index (κ3) is 4.40. The van der Waals surface area contributed by atoms with Gasteiger partial charge in [0.2, 0.25) is 0 Å². The minimum atomic E-state index is -4.70. The maximum atomic E-state index is 14.3. The molecule has 2 aromatic carbocycles. The molecule has 2 aromatic rings. The quantitative estimate of drug-likeness (QED) is 0.393. The SMILES string of the molecule is CC12CCCN1N(Cc1cccc(F)c1F)C(=O)C(C(=O)Nc1ccc(Br)c(C(F)(F)F)c1)=C2O. The number of hydrogen-bond donors (Lipinski definition) is 2. The third-order valence-corrected chi connectivity index (χ3v) is 6.89. The maximum Gasteiger partial charge on any atom is 0.417 e. The molecule has 2 aliphatic heterocycles. The molecular weight excluding hydrogens is 541 g/mol. The number of anilines is 1. The standard InChI is InChI=1S/C23H19BrF5N3O3/c1-22-8-3-9-32(22)31(11-12-4-2-5-16(25)18(12)26)21(35)17(19(22)33)20(34)30-13-6-7-15(24)14(10-13)23(27,28)29/h2,4-7,10,33H,3,8-9,11H2,1H3,(H,30,34). The number of halogens is 6. The Kier molecular flexibility index (Phi) is 6.39. The fourth-order valence-corrected chi connectivity index (χ4v) is 4.86. The molecule has 4 rings (SSSR count). The molecule has 186 valence electrons. The van der Waals surface area contributed by atoms with E-state index in [-0.39, 0.29) is 15.7 Å². The monoisotopic (exact) mass is 559 g/mol. The molecule has 0 aliphatic carbocycles. The number of aliphatic hydroxyl groups excluding tert-OH is 1. The van der Waals surface area contributed by atoms with Crippen LogP contribution in [0.1, 0.15) is 30.9 Å². The Labute approximate surface area is 205 Å². The molecule has 2 amide bonds. The topological polar surface area (TPSA) is 72.9 Å². The van der Waals surface area contributed by atoms with Gasteiger partial charge in [-0.3, -0.25) is 14.6 Å². The lowest BCUT2D eigenvalue weighted by Crippen LogP contribution is -2.60. The second-order valence-electron chi connectivity index (χ2n) is 8.45. The van der Waals surface area contributed by atoms with Gasteiger partial charge in [0.25, 0.3) is 11.8 Å². The fraction of sp³-hybridized carbons (Fsp3) is 0.304. The molecule has 0 radical (unpaired) electrons. The van der Waals surface area contributed by atoms with E-state index in [2.05, 4.69) is 21.2 Å². The Balaban J connectivity index is 1.70. The smallest absolute Gasteiger partial charge is 0.417 e. The number of carbonyl (C=O) groups excluding carboxylic acids is 2. The predicted molar refractivity (Wildman–Crippen MR) is 119 cm³/mol. The maximum absolute atomic E-state index is 14.3. The summed E-state index contributed by atoms with van der Waals surface area (Å²) in [6.07, 6.45) is -3.82. The Morgan fingerprint density at radius 2 is 1.94 bits per heavy atom. The van der Waals surface area contributed by atoms with E-state index in [1.54, 1.807) is 6.92 Å². The van der Waals surface area contributed by atoms with Crippen molar-refractivity contribution in [2.24, 2.45) is 0 Å². The van der Waals surface area contributed by atoms with Gasteiger partial charge < -0.3 is 10.4 Å². The largest absolute Gasteiger partial charge is 0.509 e. The van der Waals surface area contributed by atoms with Gasteiger partial charge in [0.1, 0.15) is 11.3 Å². The molecule has 1 saturated heterocycles. The van der Waals surface area contributed by atoms with Crippen LogP contribution in [0.25, 0.3) is 0 Å². The van der Waals surface area contributed by atoms with E-state index >= 15 is 0 Å². The summed E-state index contributed by atoms with van der Waals surface area (Å²) in [4.78, 5) is 26.4. The third-order valence-electron chi connectivity index (χ3n) is 6.20. The Hall–Kier alpha value is -2.99. The normalized spacial score (nSPS) is 20.9. The van der Waals surface area contributed by atoms with Gasteiger partial charge in [0.15, 0.2) is 11.6 Å². The zero-order valence-corrected chi connectivity index (χ0v) is 19.8. The van der Waals surface area contributed by atoms with Gasteiger partial charge in [-0.2, -0.15) is 13.2 Å². The molecule has 0 bridgehead atoms. The minimum absolute atomic E-state index is 0.142. The minimum Gasteiger partial charge on any atom is -0.509 e. The van der Waals surface area contributed by atoms with Gasteiger partial charge in [-0.1, -0.05) is 28.1 Å². The van der Waals surface area contributed by atoms with E-state index in [0.29, 0.717) is 25.5 Å². The molecule has 2 heterocycles. The number of hydrazine groups is 1. The summed E-state index contributed by atoms with van der Waals surface area (Å²) in [6.45, 7) is 1.48. The lowest BCUT2D eigenvalue weighted by molar-refractivity contribution is -0.160. The number of carbonyl (C=O) groups is 2. The summed E-state index contributed by atoms with van der Waals surface area (Å²) in [5.74, 6) is -4.91. The number of nitrogens with zero attached hydrogens (tertiary/aromatic N) is 2. The number of nitrogens with one attached hydrogen (secondary N) is 1. The van der Waals surface area contributed by atoms with E-state index in [0.717, 1.165) is 17.1 Å². The molecule has 1 fully saturated rings. The van der Waals surface area contributed by atoms with Crippen LogP contribution in [0.4, 0.5) is 27.6 Å². The van der Waals surface area contributed by atoms with Gasteiger partial charge in [0, 0.05) is 22.3 Å². The van der Waals surface area contributed by atoms with Crippen molar-refractivity contribution in [1.29, 1.82) is 0 Å². The Morgan fingerprint density at radius 3 is 2.63 bits per heavy atom. The van der Waals surface area contributed by atoms with Crippen molar-refractivity contribution in [1.82, 2.24) is 10.0 Å². The van der Waals surface area contributed by atoms with Crippen LogP contribution < -0.4 is 5.32 Å². The number of hydrogen-bond acceptors (Lipinski definition) is 4. The first-order valence-corrected chi connectivity index (χ1v) is 11.3. The van der Waals surface area contributed by atoms with Crippen molar-refractivity contribution < 1.29 is 36.6 Å². The fourth-order valence-electron chi connectivity index (χ4n) is 4.39. The van der Waals surface area contributed by atoms with Gasteiger partial charge in [-0.15, -0.1) is 0 Å². The first-order valence-electron chi connectivity index (χ1n) is 10.5. The van der Waals surface area contributed by atoms with Crippen LogP contribution in [-0.2, 0) is 22.3 Å². The molecule has 1 atom stereocenters. The molecule has 2 aliphatic rings. The van der Waals surface area contributed by atoms with Crippen molar-refractivity contribution in [3.8, 4) is 0 Å². The molecule has 0 spiro atoms. The first-order chi connectivity index (χ1) is 16.3. The number of fused-ring (bicyclic) bond motifs is 1. The number of benzene rings is 2. The van der Waals surface area contributed by atoms with Gasteiger partial charge >= 0.3 is 6.18 Å². The van der Waals surface area contributed by atoms with E-state index in [9.17, 15) is 36.6 Å². The number of amides is 2. The van der Waals surface area contributed by atoms with E-state index in [1.807, 2.05) is 0 Å². The molecule has 0 aromatic heterocycles. The van der Waals surface area contributed by atoms with Gasteiger partial charge in [0.05, 0.1) is 17.6 Å². The molecule has 0 saturated carbocycles. The highest BCUT2D eigenvalue weighted by atomic mass is 79.9. The second kappa shape index (κ2) is 8.90. The van der Waals surface area contributed by atoms with Crippen LogP contribution in [0.15, 0.2) is 52.2 Å². The summed E-state index contributed by atoms with van der Waals surface area (Å²) in [6, 6.07) is 6.47. The van der Waals surface area contributed by atoms with Crippen molar-refractivity contribution in [2.45, 2.75) is 38.0 Å². The van der Waals surface area contributed by atoms with Crippen LogP contribution in [0.2, 0.25) is 0 Å². The van der Waals surface area contributed by atoms with Crippen LogP contribution in [0.3, 0.4) is 0 Å². The van der Waals surface area contributed by atoms with Gasteiger partial charge in [-0.05, 0) is 44.0 Å². The molecular formula is C23H19BrF5N3O3. The summed E-state index contributed by atoms with van der Waals surface area (Å²) in [5.41, 5.74) is -3.31. The van der Waals surface area contributed by atoms with Crippen molar-refractivity contribution >= 4 is 33.4 Å². The highest BCUT2D eigenvalue weighted by molar-refractivity contribution is 9.10. The molecule has 1 unspecified atom stereocenters. The zero-order chi connectivity index (χ0) is 25.7. The highest BCUT2D eigenvalue weighted by Crippen LogP contribution is 2.42. The average molecular weight is 560 g/mol. The van der Waals surface area contributed by atoms with Crippen LogP contribution in [-0.4, -0.2) is 39.0 Å². The lowest BCUT2D eigenvalue weighted by Gasteiger charge is -2.46. The summed E-state index contributed by atoms with van der Waals surface area (Å²) in [7, 11) is 0. The summed E-state index contributed by atoms with van der Waals surface area (Å²) < 4.78 is 67.6. The lowest BCUT2D eigenvalue weighted by atomic mass is 9.90. The van der Waals surface area contributed by atoms with E-state index < -0.39 is 58.6 Å². The number of rotatable bonds is 4. The van der Waals surface area contributed by atoms with E-state index in [4.69, 9.17) is 0 Å². The second-order valence-corrected chi connectivity index (χ2v) is 9.30. The van der Waals surface area contributed by atoms with Crippen LogP contribution >= 0.6 is 15.9 Å². The molecule has 35 heavy (non-hydrogen) atoms. The Morgan fingerprint density at radius 1 is 1.23 bits per heavy atom. The molecule has 6 nitrogen and oxygen atoms in total. The van der Waals surface area contributed by atoms with Crippen molar-refractivity contribution in [3.05, 3.63) is 75.0 Å². The Bertz CT molecular complexity index is 1250. The highest BCUT2D eigenvalue weighted by Gasteiger charge is 2.52. The van der Waals surface area contributed by atoms with Crippen molar-refractivity contribution in [2.75, 3.05) is 11.9 Å². The molecule has 2 N–H and O–H groups in total. The van der Waals surface area contributed by atoms with Crippen LogP contribution in [0, 0.1) is 11.6 Å². The zero-order valence-electron chi connectivity index (χ0n) is 18.2. The summed E-state index contributed by atoms with van der Waals surface area (Å²) in [5, 5.41) is 15.7. The van der Waals surface area contributed by atoms with Crippen LogP contribution in [0.5, 0.6) is 0 Å². The number of aliphatic hydroxyl groups is 1. The summed E-state index contributed by atoms with van der Waals surface area (Å²) >= 11 is 2.81. The van der Waals surface area contributed by atoms with Gasteiger partial charge in [-0.25, -0.2) is 13.8 Å².